The molecular formula is C16H18BrClN2. The smallest absolute Gasteiger partial charge is 0.0426 e. The second-order valence-electron chi connectivity index (χ2n) is 4.79. The molecule has 4 heteroatoms. The highest BCUT2D eigenvalue weighted by Crippen LogP contribution is 2.25. The molecule has 1 N–H and O–H groups in total. The molecule has 0 aliphatic rings. The first kappa shape index (κ1) is 15.4. The summed E-state index contributed by atoms with van der Waals surface area (Å²) in [5.41, 5.74) is 3.67. The number of benzene rings is 2. The molecule has 0 amide bonds. The normalized spacial score (nSPS) is 10.6. The van der Waals surface area contributed by atoms with Gasteiger partial charge in [0, 0.05) is 35.3 Å². The predicted octanol–water partition coefficient (Wildman–Crippen LogP) is 4.46. The highest BCUT2D eigenvalue weighted by atomic mass is 79.9. The zero-order valence-corrected chi connectivity index (χ0v) is 14.0. The molecule has 0 fully saturated rings. The number of hydrogen-bond donors (Lipinski definition) is 1. The minimum absolute atomic E-state index is 0.773. The maximum absolute atomic E-state index is 6.09. The van der Waals surface area contributed by atoms with Gasteiger partial charge in [0.15, 0.2) is 0 Å². The first-order valence-electron chi connectivity index (χ1n) is 6.49. The minimum Gasteiger partial charge on any atom is -0.370 e. The van der Waals surface area contributed by atoms with Crippen molar-refractivity contribution in [3.8, 4) is 0 Å². The van der Waals surface area contributed by atoms with Crippen LogP contribution in [0, 0.1) is 0 Å². The first-order chi connectivity index (χ1) is 9.60. The number of nitrogens with zero attached hydrogens (tertiary/aromatic N) is 1. The van der Waals surface area contributed by atoms with E-state index in [1.165, 1.54) is 16.8 Å². The van der Waals surface area contributed by atoms with Gasteiger partial charge in [-0.2, -0.15) is 0 Å². The minimum atomic E-state index is 0.773. The van der Waals surface area contributed by atoms with Crippen molar-refractivity contribution < 1.29 is 0 Å². The van der Waals surface area contributed by atoms with Crippen LogP contribution in [0.5, 0.6) is 0 Å². The Morgan fingerprint density at radius 1 is 1.20 bits per heavy atom. The molecule has 0 aliphatic heterocycles. The molecule has 0 saturated carbocycles. The van der Waals surface area contributed by atoms with Crippen molar-refractivity contribution in [2.24, 2.45) is 0 Å². The van der Waals surface area contributed by atoms with Gasteiger partial charge < -0.3 is 10.2 Å². The molecule has 2 rings (SSSR count). The summed E-state index contributed by atoms with van der Waals surface area (Å²) in [5, 5.41) is 3.96. The van der Waals surface area contributed by atoms with Crippen molar-refractivity contribution in [1.29, 1.82) is 0 Å². The molecule has 0 bridgehead atoms. The summed E-state index contributed by atoms with van der Waals surface area (Å²) >= 11 is 9.60. The van der Waals surface area contributed by atoms with Gasteiger partial charge >= 0.3 is 0 Å². The number of nitrogens with one attached hydrogen (secondary N) is 1. The van der Waals surface area contributed by atoms with Crippen molar-refractivity contribution >= 4 is 33.2 Å². The number of hydrogen-bond acceptors (Lipinski definition) is 2. The van der Waals surface area contributed by atoms with E-state index in [2.05, 4.69) is 57.5 Å². The van der Waals surface area contributed by atoms with E-state index in [1.54, 1.807) is 0 Å². The van der Waals surface area contributed by atoms with Crippen LogP contribution in [0.4, 0.5) is 5.69 Å². The molecule has 2 aromatic rings. The molecule has 0 aromatic heterocycles. The molecule has 0 heterocycles. The van der Waals surface area contributed by atoms with Crippen LogP contribution in [0.25, 0.3) is 0 Å². The zero-order chi connectivity index (χ0) is 14.5. The van der Waals surface area contributed by atoms with Crippen LogP contribution in [0.1, 0.15) is 11.1 Å². The van der Waals surface area contributed by atoms with Crippen molar-refractivity contribution in [2.45, 2.75) is 13.1 Å². The van der Waals surface area contributed by atoms with Gasteiger partial charge in [-0.05, 0) is 48.5 Å². The van der Waals surface area contributed by atoms with Gasteiger partial charge in [0.25, 0.3) is 0 Å². The van der Waals surface area contributed by atoms with E-state index >= 15 is 0 Å². The molecule has 0 unspecified atom stereocenters. The van der Waals surface area contributed by atoms with Gasteiger partial charge in [-0.15, -0.1) is 0 Å². The summed E-state index contributed by atoms with van der Waals surface area (Å²) in [7, 11) is 4.04. The van der Waals surface area contributed by atoms with Crippen LogP contribution in [-0.4, -0.2) is 14.1 Å². The molecule has 20 heavy (non-hydrogen) atoms. The van der Waals surface area contributed by atoms with Crippen LogP contribution in [0.15, 0.2) is 46.9 Å². The second-order valence-corrected chi connectivity index (χ2v) is 6.14. The number of rotatable bonds is 5. The standard InChI is InChI=1S/C16H18BrClN2/c1-19-10-13-9-15(18)6-7-16(13)20(2)11-12-4-3-5-14(17)8-12/h3-9,19H,10-11H2,1-2H3. The van der Waals surface area contributed by atoms with Crippen LogP contribution in [-0.2, 0) is 13.1 Å². The first-order valence-corrected chi connectivity index (χ1v) is 7.66. The molecule has 0 spiro atoms. The van der Waals surface area contributed by atoms with Crippen LogP contribution >= 0.6 is 27.5 Å². The van der Waals surface area contributed by atoms with E-state index < -0.39 is 0 Å². The Bertz CT molecular complexity index is 586. The maximum Gasteiger partial charge on any atom is 0.0426 e. The predicted molar refractivity (Wildman–Crippen MR) is 90.5 cm³/mol. The van der Waals surface area contributed by atoms with E-state index in [0.29, 0.717) is 0 Å². The summed E-state index contributed by atoms with van der Waals surface area (Å²) < 4.78 is 1.11. The lowest BCUT2D eigenvalue weighted by atomic mass is 10.1. The average molecular weight is 354 g/mol. The van der Waals surface area contributed by atoms with E-state index in [9.17, 15) is 0 Å². The van der Waals surface area contributed by atoms with E-state index in [0.717, 1.165) is 22.6 Å². The summed E-state index contributed by atoms with van der Waals surface area (Å²) in [4.78, 5) is 2.24. The summed E-state index contributed by atoms with van der Waals surface area (Å²) in [6, 6.07) is 14.4. The fourth-order valence-electron chi connectivity index (χ4n) is 2.25. The largest absolute Gasteiger partial charge is 0.370 e. The van der Waals surface area contributed by atoms with E-state index in [-0.39, 0.29) is 0 Å². The SMILES string of the molecule is CNCc1cc(Cl)ccc1N(C)Cc1cccc(Br)c1. The van der Waals surface area contributed by atoms with E-state index in [1.807, 2.05) is 25.2 Å². The third-order valence-corrected chi connectivity index (χ3v) is 3.86. The summed E-state index contributed by atoms with van der Waals surface area (Å²) in [5.74, 6) is 0. The topological polar surface area (TPSA) is 15.3 Å². The highest BCUT2D eigenvalue weighted by Gasteiger charge is 2.08. The van der Waals surface area contributed by atoms with Crippen molar-refractivity contribution in [3.05, 3.63) is 63.1 Å². The molecule has 0 saturated heterocycles. The molecule has 0 aliphatic carbocycles. The molecule has 2 aromatic carbocycles. The van der Waals surface area contributed by atoms with E-state index in [4.69, 9.17) is 11.6 Å². The molecule has 106 valence electrons. The molecular weight excluding hydrogens is 336 g/mol. The highest BCUT2D eigenvalue weighted by molar-refractivity contribution is 9.10. The summed E-state index contributed by atoms with van der Waals surface area (Å²) in [6.07, 6.45) is 0. The van der Waals surface area contributed by atoms with Crippen molar-refractivity contribution in [2.75, 3.05) is 19.0 Å². The lowest BCUT2D eigenvalue weighted by Gasteiger charge is -2.23. The van der Waals surface area contributed by atoms with Gasteiger partial charge in [-0.1, -0.05) is 39.7 Å². The fraction of sp³-hybridized carbons (Fsp3) is 0.250. The quantitative estimate of drug-likeness (QED) is 0.854. The van der Waals surface area contributed by atoms with Crippen LogP contribution < -0.4 is 10.2 Å². The molecule has 2 nitrogen and oxygen atoms in total. The Hall–Kier alpha value is -1.03. The maximum atomic E-state index is 6.09. The van der Waals surface area contributed by atoms with Crippen molar-refractivity contribution in [1.82, 2.24) is 5.32 Å². The monoisotopic (exact) mass is 352 g/mol. The average Bonchev–Trinajstić information content (AvgIpc) is 2.39. The Labute approximate surface area is 133 Å². The van der Waals surface area contributed by atoms with Gasteiger partial charge in [0.2, 0.25) is 0 Å². The zero-order valence-electron chi connectivity index (χ0n) is 11.7. The Balaban J connectivity index is 2.22. The Morgan fingerprint density at radius 2 is 2.00 bits per heavy atom. The summed E-state index contributed by atoms with van der Waals surface area (Å²) in [6.45, 7) is 1.66. The Kier molecular flexibility index (Phi) is 5.46. The van der Waals surface area contributed by atoms with Crippen molar-refractivity contribution in [3.63, 3.8) is 0 Å². The van der Waals surface area contributed by atoms with Gasteiger partial charge in [-0.3, -0.25) is 0 Å². The molecule has 0 radical (unpaired) electrons. The third kappa shape index (κ3) is 3.98. The van der Waals surface area contributed by atoms with Gasteiger partial charge in [0.05, 0.1) is 0 Å². The third-order valence-electron chi connectivity index (χ3n) is 3.13. The Morgan fingerprint density at radius 3 is 2.70 bits per heavy atom. The lowest BCUT2D eigenvalue weighted by Crippen LogP contribution is -2.19. The van der Waals surface area contributed by atoms with Gasteiger partial charge in [-0.25, -0.2) is 0 Å². The fourth-order valence-corrected chi connectivity index (χ4v) is 2.89. The number of halogens is 2. The number of anilines is 1. The van der Waals surface area contributed by atoms with Crippen LogP contribution in [0.3, 0.4) is 0 Å². The van der Waals surface area contributed by atoms with Crippen LogP contribution in [0.2, 0.25) is 5.02 Å². The lowest BCUT2D eigenvalue weighted by molar-refractivity contribution is 0.805. The van der Waals surface area contributed by atoms with Gasteiger partial charge in [0.1, 0.15) is 0 Å². The molecule has 0 atom stereocenters. The second kappa shape index (κ2) is 7.11.